The topological polar surface area (TPSA) is 149 Å². The molecule has 1 aliphatic heterocycles. The minimum atomic E-state index is -0.865. The largest absolute Gasteiger partial charge is 0.486 e. The van der Waals surface area contributed by atoms with Crippen LogP contribution in [0.3, 0.4) is 0 Å². The van der Waals surface area contributed by atoms with E-state index in [0.717, 1.165) is 17.8 Å². The lowest BCUT2D eigenvalue weighted by molar-refractivity contribution is -0.387. The SMILES string of the molecule is Cn1nnnc1Sc1ccc(C(=O)OCC(=O)c2ccc3c(c2)OCCO3)cc1[N+](=O)[O-]. The number of nitro groups is 1. The molecule has 0 fully saturated rings. The molecule has 0 amide bonds. The van der Waals surface area contributed by atoms with Crippen LogP contribution >= 0.6 is 11.8 Å². The van der Waals surface area contributed by atoms with Gasteiger partial charge in [-0.2, -0.15) is 0 Å². The fourth-order valence-corrected chi connectivity index (χ4v) is 3.61. The van der Waals surface area contributed by atoms with Gasteiger partial charge >= 0.3 is 5.97 Å². The van der Waals surface area contributed by atoms with E-state index in [2.05, 4.69) is 15.5 Å². The maximum Gasteiger partial charge on any atom is 0.338 e. The molecule has 164 valence electrons. The van der Waals surface area contributed by atoms with Gasteiger partial charge in [0.25, 0.3) is 5.69 Å². The predicted molar refractivity (Wildman–Crippen MR) is 108 cm³/mol. The lowest BCUT2D eigenvalue weighted by Crippen LogP contribution is -2.17. The molecule has 0 bridgehead atoms. The third-order valence-corrected chi connectivity index (χ3v) is 5.47. The van der Waals surface area contributed by atoms with Gasteiger partial charge in [-0.15, -0.1) is 5.10 Å². The third kappa shape index (κ3) is 4.51. The zero-order chi connectivity index (χ0) is 22.7. The van der Waals surface area contributed by atoms with Gasteiger partial charge in [0.2, 0.25) is 5.16 Å². The molecule has 2 heterocycles. The molecular formula is C19H15N5O7S. The molecule has 12 nitrogen and oxygen atoms in total. The molecule has 0 saturated carbocycles. The van der Waals surface area contributed by atoms with E-state index in [1.165, 1.54) is 22.9 Å². The van der Waals surface area contributed by atoms with E-state index in [-0.39, 0.29) is 21.7 Å². The minimum absolute atomic E-state index is 0.0629. The molecule has 1 aliphatic rings. The van der Waals surface area contributed by atoms with Crippen LogP contribution in [-0.4, -0.2) is 56.7 Å². The molecule has 3 aromatic rings. The highest BCUT2D eigenvalue weighted by Crippen LogP contribution is 2.34. The maximum absolute atomic E-state index is 12.4. The van der Waals surface area contributed by atoms with Crippen molar-refractivity contribution in [1.29, 1.82) is 0 Å². The van der Waals surface area contributed by atoms with Crippen LogP contribution in [0.1, 0.15) is 20.7 Å². The smallest absolute Gasteiger partial charge is 0.338 e. The van der Waals surface area contributed by atoms with Crippen LogP contribution in [0.5, 0.6) is 11.5 Å². The first-order valence-electron chi connectivity index (χ1n) is 9.21. The number of ether oxygens (including phenoxy) is 3. The summed E-state index contributed by atoms with van der Waals surface area (Å²) >= 11 is 0.980. The summed E-state index contributed by atoms with van der Waals surface area (Å²) in [6.45, 7) is 0.268. The van der Waals surface area contributed by atoms with Gasteiger partial charge in [0.1, 0.15) is 13.2 Å². The van der Waals surface area contributed by atoms with Gasteiger partial charge in [-0.1, -0.05) is 0 Å². The molecule has 1 aromatic heterocycles. The Balaban J connectivity index is 1.45. The van der Waals surface area contributed by atoms with Gasteiger partial charge in [0.15, 0.2) is 23.9 Å². The van der Waals surface area contributed by atoms with Crippen molar-refractivity contribution >= 4 is 29.2 Å². The maximum atomic E-state index is 12.4. The fourth-order valence-electron chi connectivity index (χ4n) is 2.79. The summed E-state index contributed by atoms with van der Waals surface area (Å²) in [5.74, 6) is -0.343. The van der Waals surface area contributed by atoms with Crippen molar-refractivity contribution in [1.82, 2.24) is 20.2 Å². The molecule has 2 aromatic carbocycles. The number of benzene rings is 2. The Morgan fingerprint density at radius 3 is 2.62 bits per heavy atom. The number of rotatable bonds is 7. The van der Waals surface area contributed by atoms with E-state index >= 15 is 0 Å². The Hall–Kier alpha value is -4.00. The monoisotopic (exact) mass is 457 g/mol. The number of nitro benzene ring substituents is 1. The number of fused-ring (bicyclic) bond motifs is 1. The van der Waals surface area contributed by atoms with Crippen molar-refractivity contribution in [2.24, 2.45) is 7.05 Å². The zero-order valence-electron chi connectivity index (χ0n) is 16.6. The number of tetrazole rings is 1. The van der Waals surface area contributed by atoms with Crippen LogP contribution in [0.15, 0.2) is 46.5 Å². The number of carbonyl (C=O) groups is 2. The number of carbonyl (C=O) groups excluding carboxylic acids is 2. The molecule has 0 saturated heterocycles. The molecular weight excluding hydrogens is 442 g/mol. The highest BCUT2D eigenvalue weighted by Gasteiger charge is 2.22. The summed E-state index contributed by atoms with van der Waals surface area (Å²) in [5.41, 5.74) is -0.0882. The van der Waals surface area contributed by atoms with Crippen LogP contribution in [0.2, 0.25) is 0 Å². The van der Waals surface area contributed by atoms with Crippen LogP contribution in [0, 0.1) is 10.1 Å². The predicted octanol–water partition coefficient (Wildman–Crippen LogP) is 2.08. The molecule has 0 spiro atoms. The molecule has 13 heteroatoms. The van der Waals surface area contributed by atoms with Crippen molar-refractivity contribution in [3.63, 3.8) is 0 Å². The van der Waals surface area contributed by atoms with Gasteiger partial charge in [-0.05, 0) is 52.5 Å². The van der Waals surface area contributed by atoms with Crippen LogP contribution in [0.4, 0.5) is 5.69 Å². The molecule has 0 unspecified atom stereocenters. The summed E-state index contributed by atoms with van der Waals surface area (Å²) in [4.78, 5) is 35.9. The lowest BCUT2D eigenvalue weighted by Gasteiger charge is -2.18. The van der Waals surface area contributed by atoms with Crippen LogP contribution < -0.4 is 9.47 Å². The van der Waals surface area contributed by atoms with Crippen LogP contribution in [-0.2, 0) is 11.8 Å². The summed E-state index contributed by atoms with van der Waals surface area (Å²) in [5, 5.41) is 22.7. The summed E-state index contributed by atoms with van der Waals surface area (Å²) in [7, 11) is 1.60. The lowest BCUT2D eigenvalue weighted by atomic mass is 10.1. The normalized spacial score (nSPS) is 12.3. The number of hydrogen-bond acceptors (Lipinski definition) is 11. The average molecular weight is 457 g/mol. The third-order valence-electron chi connectivity index (χ3n) is 4.37. The van der Waals surface area contributed by atoms with Crippen LogP contribution in [0.25, 0.3) is 0 Å². The molecule has 0 radical (unpaired) electrons. The fraction of sp³-hybridized carbons (Fsp3) is 0.211. The second-order valence-corrected chi connectivity index (χ2v) is 7.49. The highest BCUT2D eigenvalue weighted by molar-refractivity contribution is 7.99. The number of nitrogens with zero attached hydrogens (tertiary/aromatic N) is 5. The van der Waals surface area contributed by atoms with E-state index in [1.807, 2.05) is 0 Å². The first-order chi connectivity index (χ1) is 15.4. The summed E-state index contributed by atoms with van der Waals surface area (Å²) in [6, 6.07) is 8.52. The van der Waals surface area contributed by atoms with E-state index in [1.54, 1.807) is 19.2 Å². The number of esters is 1. The van der Waals surface area contributed by atoms with Crippen molar-refractivity contribution in [2.45, 2.75) is 10.1 Å². The number of hydrogen-bond donors (Lipinski definition) is 0. The van der Waals surface area contributed by atoms with Gasteiger partial charge in [-0.3, -0.25) is 14.9 Å². The quantitative estimate of drug-likeness (QED) is 0.222. The first kappa shape index (κ1) is 21.2. The minimum Gasteiger partial charge on any atom is -0.486 e. The molecule has 4 rings (SSSR count). The Morgan fingerprint density at radius 1 is 1.16 bits per heavy atom. The van der Waals surface area contributed by atoms with E-state index in [0.29, 0.717) is 29.9 Å². The highest BCUT2D eigenvalue weighted by atomic mass is 32.2. The number of aromatic nitrogens is 4. The van der Waals surface area contributed by atoms with Gasteiger partial charge in [-0.25, -0.2) is 9.48 Å². The van der Waals surface area contributed by atoms with Gasteiger partial charge in [0.05, 0.1) is 15.4 Å². The number of ketones is 1. The number of Topliss-reactive ketones (excluding diaryl/α,β-unsaturated/α-hetero) is 1. The van der Waals surface area contributed by atoms with Crippen molar-refractivity contribution < 1.29 is 28.7 Å². The Bertz CT molecular complexity index is 1210. The molecule has 0 atom stereocenters. The Morgan fingerprint density at radius 2 is 1.91 bits per heavy atom. The number of aryl methyl sites for hydroxylation is 1. The van der Waals surface area contributed by atoms with Crippen molar-refractivity contribution in [3.8, 4) is 11.5 Å². The van der Waals surface area contributed by atoms with E-state index < -0.39 is 23.3 Å². The average Bonchev–Trinajstić information content (AvgIpc) is 3.21. The Kier molecular flexibility index (Phi) is 5.98. The molecule has 0 N–H and O–H groups in total. The molecule has 32 heavy (non-hydrogen) atoms. The van der Waals surface area contributed by atoms with E-state index in [9.17, 15) is 19.7 Å². The van der Waals surface area contributed by atoms with E-state index in [4.69, 9.17) is 14.2 Å². The summed E-state index contributed by atoms with van der Waals surface area (Å²) in [6.07, 6.45) is 0. The standard InChI is InChI=1S/C19H15N5O7S/c1-23-19(20-21-22-23)32-17-5-3-12(8-13(17)24(27)28)18(26)31-10-14(25)11-2-4-15-16(9-11)30-7-6-29-15/h2-5,8-9H,6-7,10H2,1H3. The van der Waals surface area contributed by atoms with Gasteiger partial charge in [0, 0.05) is 18.7 Å². The van der Waals surface area contributed by atoms with Crippen molar-refractivity contribution in [2.75, 3.05) is 19.8 Å². The second kappa shape index (κ2) is 9.01. The Labute approximate surface area is 184 Å². The van der Waals surface area contributed by atoms with Crippen molar-refractivity contribution in [3.05, 3.63) is 57.6 Å². The first-order valence-corrected chi connectivity index (χ1v) is 10.0. The molecule has 0 aliphatic carbocycles. The second-order valence-electron chi connectivity index (χ2n) is 6.48. The van der Waals surface area contributed by atoms with Gasteiger partial charge < -0.3 is 14.2 Å². The zero-order valence-corrected chi connectivity index (χ0v) is 17.4. The summed E-state index contributed by atoms with van der Waals surface area (Å²) < 4.78 is 17.3.